The number of anilines is 1. The maximum absolute atomic E-state index is 16.9. The number of ether oxygens (including phenoxy) is 1. The highest BCUT2D eigenvalue weighted by Gasteiger charge is 2.82. The molecule has 1 aromatic heterocycles. The Balaban J connectivity index is 1.44. The van der Waals surface area contributed by atoms with Crippen molar-refractivity contribution < 1.29 is 37.7 Å². The third-order valence-electron chi connectivity index (χ3n) is 12.8. The van der Waals surface area contributed by atoms with Gasteiger partial charge in [0.2, 0.25) is 11.8 Å². The van der Waals surface area contributed by atoms with Crippen LogP contribution in [0.2, 0.25) is 10.2 Å². The number of benzene rings is 3. The van der Waals surface area contributed by atoms with Gasteiger partial charge in [0.05, 0.1) is 56.4 Å². The maximum atomic E-state index is 16.9. The standard InChI is InChI=1S/C43H43Cl2F3N4O5/c1-24(53)32-15-13-28(19-57-32)50-39(55)36-33(29-16-17-49-38(45)34(29)48)43(30-14-12-27(44)18-31(30)51-40(43)56)42(20-41(21-42,22-46)23-47)52(36)35(25-8-4-2-5-9-25)37(54)26-10-6-3-7-11-26/h2-12,14,16-18,24,28,32-33,35-37,53-54H,13,15,19-23H2,1H3,(H,50,55)(H,51,56)/t24-,28?,32+,33+,35-,36-,37+,43?/m1/s1. The molecule has 2 spiro atoms. The molecule has 1 saturated carbocycles. The molecule has 4 heterocycles. The lowest BCUT2D eigenvalue weighted by molar-refractivity contribution is -0.166. The van der Waals surface area contributed by atoms with Gasteiger partial charge in [-0.25, -0.2) is 9.37 Å². The van der Waals surface area contributed by atoms with Crippen LogP contribution in [0.4, 0.5) is 18.9 Å². The van der Waals surface area contributed by atoms with E-state index in [1.165, 1.54) is 12.3 Å². The fourth-order valence-corrected chi connectivity index (χ4v) is 10.8. The predicted molar refractivity (Wildman–Crippen MR) is 209 cm³/mol. The first-order valence-electron chi connectivity index (χ1n) is 19.1. The number of rotatable bonds is 10. The molecule has 3 aliphatic heterocycles. The molecule has 8 rings (SSSR count). The van der Waals surface area contributed by atoms with E-state index in [4.69, 9.17) is 27.9 Å². The quantitative estimate of drug-likeness (QED) is 0.125. The molecule has 2 unspecified atom stereocenters. The lowest BCUT2D eigenvalue weighted by Gasteiger charge is -2.63. The molecule has 300 valence electrons. The molecule has 57 heavy (non-hydrogen) atoms. The van der Waals surface area contributed by atoms with E-state index in [0.717, 1.165) is 0 Å². The topological polar surface area (TPSA) is 124 Å². The van der Waals surface area contributed by atoms with Crippen LogP contribution >= 0.6 is 23.2 Å². The van der Waals surface area contributed by atoms with Crippen LogP contribution in [0.25, 0.3) is 0 Å². The van der Waals surface area contributed by atoms with Crippen molar-refractivity contribution in [2.45, 2.75) is 85.9 Å². The Labute approximate surface area is 338 Å². The van der Waals surface area contributed by atoms with Crippen LogP contribution < -0.4 is 10.6 Å². The maximum Gasteiger partial charge on any atom is 0.238 e. The number of alkyl halides is 2. The van der Waals surface area contributed by atoms with Gasteiger partial charge in [-0.3, -0.25) is 23.3 Å². The molecule has 2 saturated heterocycles. The summed E-state index contributed by atoms with van der Waals surface area (Å²) in [5.74, 6) is -3.61. The number of aliphatic hydroxyl groups is 2. The lowest BCUT2D eigenvalue weighted by Crippen LogP contribution is -2.72. The van der Waals surface area contributed by atoms with Crippen LogP contribution in [0.5, 0.6) is 0 Å². The summed E-state index contributed by atoms with van der Waals surface area (Å²) in [6.45, 7) is -0.441. The first-order chi connectivity index (χ1) is 27.4. The van der Waals surface area contributed by atoms with Crippen molar-refractivity contribution in [1.82, 2.24) is 15.2 Å². The van der Waals surface area contributed by atoms with E-state index in [0.29, 0.717) is 40.2 Å². The second-order valence-corrected chi connectivity index (χ2v) is 16.8. The predicted octanol–water partition coefficient (Wildman–Crippen LogP) is 7.16. The summed E-state index contributed by atoms with van der Waals surface area (Å²) in [7, 11) is 0. The smallest absolute Gasteiger partial charge is 0.238 e. The molecular formula is C43H43Cl2F3N4O5. The van der Waals surface area contributed by atoms with Crippen molar-refractivity contribution >= 4 is 40.7 Å². The molecular weight excluding hydrogens is 780 g/mol. The highest BCUT2D eigenvalue weighted by atomic mass is 35.5. The number of carbonyl (C=O) groups excluding carboxylic acids is 2. The largest absolute Gasteiger partial charge is 0.391 e. The van der Waals surface area contributed by atoms with E-state index in [1.807, 2.05) is 0 Å². The minimum atomic E-state index is -1.90. The van der Waals surface area contributed by atoms with Crippen LogP contribution in [-0.4, -0.2) is 81.7 Å². The summed E-state index contributed by atoms with van der Waals surface area (Å²) >= 11 is 12.9. The van der Waals surface area contributed by atoms with Gasteiger partial charge < -0.3 is 25.6 Å². The van der Waals surface area contributed by atoms with Gasteiger partial charge in [0.1, 0.15) is 5.41 Å². The number of aliphatic hydroxyl groups excluding tert-OH is 2. The number of pyridine rings is 1. The van der Waals surface area contributed by atoms with Gasteiger partial charge in [0, 0.05) is 33.8 Å². The molecule has 14 heteroatoms. The average molecular weight is 824 g/mol. The highest BCUT2D eigenvalue weighted by Crippen LogP contribution is 2.74. The minimum absolute atomic E-state index is 0.0633. The number of aromatic nitrogens is 1. The first-order valence-corrected chi connectivity index (χ1v) is 19.9. The summed E-state index contributed by atoms with van der Waals surface area (Å²) in [5.41, 5.74) is -3.50. The van der Waals surface area contributed by atoms with Crippen LogP contribution in [0.1, 0.15) is 72.9 Å². The van der Waals surface area contributed by atoms with Crippen molar-refractivity contribution in [3.05, 3.63) is 129 Å². The zero-order valence-corrected chi connectivity index (χ0v) is 32.6. The van der Waals surface area contributed by atoms with Gasteiger partial charge in [-0.1, -0.05) is 89.9 Å². The number of halogens is 5. The van der Waals surface area contributed by atoms with Crippen molar-refractivity contribution in [3.8, 4) is 0 Å². The highest BCUT2D eigenvalue weighted by molar-refractivity contribution is 6.31. The Hall–Kier alpha value is -4.04. The van der Waals surface area contributed by atoms with Crippen molar-refractivity contribution in [2.24, 2.45) is 5.41 Å². The van der Waals surface area contributed by atoms with E-state index in [1.54, 1.807) is 90.7 Å². The number of fused-ring (bicyclic) bond motifs is 3. The van der Waals surface area contributed by atoms with Crippen LogP contribution in [0, 0.1) is 11.2 Å². The number of amides is 2. The molecule has 4 aromatic rings. The molecule has 8 atom stereocenters. The van der Waals surface area contributed by atoms with Gasteiger partial charge in [0.25, 0.3) is 0 Å². The van der Waals surface area contributed by atoms with Crippen LogP contribution in [-0.2, 0) is 19.7 Å². The van der Waals surface area contributed by atoms with Crippen molar-refractivity contribution in [3.63, 3.8) is 0 Å². The van der Waals surface area contributed by atoms with Crippen LogP contribution in [0.15, 0.2) is 91.1 Å². The molecule has 4 N–H and O–H groups in total. The fraction of sp³-hybridized carbons (Fsp3) is 0.419. The molecule has 4 aliphatic rings. The van der Waals surface area contributed by atoms with Crippen LogP contribution in [0.3, 0.4) is 0 Å². The number of likely N-dealkylation sites (tertiary alicyclic amines) is 1. The van der Waals surface area contributed by atoms with Gasteiger partial charge in [-0.05, 0) is 73.1 Å². The molecule has 0 radical (unpaired) electrons. The third kappa shape index (κ3) is 6.26. The van der Waals surface area contributed by atoms with E-state index in [-0.39, 0.29) is 25.0 Å². The number of nitrogens with zero attached hydrogens (tertiary/aromatic N) is 2. The van der Waals surface area contributed by atoms with Gasteiger partial charge >= 0.3 is 0 Å². The Morgan fingerprint density at radius 1 is 1.00 bits per heavy atom. The molecule has 2 amide bonds. The normalized spacial score (nSPS) is 27.7. The third-order valence-corrected chi connectivity index (χ3v) is 13.3. The van der Waals surface area contributed by atoms with E-state index < -0.39 is 94.9 Å². The second kappa shape index (κ2) is 15.3. The summed E-state index contributed by atoms with van der Waals surface area (Å²) in [5, 5.41) is 28.8. The average Bonchev–Trinajstić information content (AvgIpc) is 3.64. The van der Waals surface area contributed by atoms with E-state index in [9.17, 15) is 10.2 Å². The summed E-state index contributed by atoms with van der Waals surface area (Å²) in [6.07, 6.45) is -0.906. The summed E-state index contributed by atoms with van der Waals surface area (Å²) in [6, 6.07) is 20.7. The number of hydrogen-bond donors (Lipinski definition) is 4. The van der Waals surface area contributed by atoms with Gasteiger partial charge in [-0.2, -0.15) is 0 Å². The molecule has 1 aliphatic carbocycles. The van der Waals surface area contributed by atoms with Gasteiger partial charge in [0.15, 0.2) is 11.0 Å². The molecule has 3 aromatic carbocycles. The fourth-order valence-electron chi connectivity index (χ4n) is 10.4. The summed E-state index contributed by atoms with van der Waals surface area (Å²) in [4.78, 5) is 36.6. The number of nitrogens with one attached hydrogen (secondary N) is 2. The van der Waals surface area contributed by atoms with E-state index in [2.05, 4.69) is 15.6 Å². The second-order valence-electron chi connectivity index (χ2n) is 16.0. The Morgan fingerprint density at radius 3 is 2.28 bits per heavy atom. The Kier molecular flexibility index (Phi) is 10.7. The first kappa shape index (κ1) is 39.8. The number of carbonyl (C=O) groups is 2. The Morgan fingerprint density at radius 2 is 1.67 bits per heavy atom. The Bertz CT molecular complexity index is 2130. The SMILES string of the molecule is C[C@@H](O)[C@@H]1CCC(NC(=O)[C@H]2[C@H](c3ccnc(Cl)c3F)C3(C(=O)Nc4cc(Cl)ccc43)C3(CC(CF)(CF)C3)N2[C@H](c2ccccc2)[C@@H](O)c2ccccc2)CO1. The number of hydrogen-bond acceptors (Lipinski definition) is 7. The summed E-state index contributed by atoms with van der Waals surface area (Å²) < 4.78 is 53.4. The molecule has 3 fully saturated rings. The minimum Gasteiger partial charge on any atom is -0.391 e. The van der Waals surface area contributed by atoms with Crippen molar-refractivity contribution in [2.75, 3.05) is 25.3 Å². The van der Waals surface area contributed by atoms with Crippen molar-refractivity contribution in [1.29, 1.82) is 0 Å². The molecule has 9 nitrogen and oxygen atoms in total. The monoisotopic (exact) mass is 822 g/mol. The zero-order chi connectivity index (χ0) is 40.3. The zero-order valence-electron chi connectivity index (χ0n) is 31.1. The molecule has 0 bridgehead atoms. The van der Waals surface area contributed by atoms with Gasteiger partial charge in [-0.15, -0.1) is 0 Å². The van der Waals surface area contributed by atoms with E-state index >= 15 is 22.8 Å². The lowest BCUT2D eigenvalue weighted by atomic mass is 9.45.